The normalized spacial score (nSPS) is 32.7. The van der Waals surface area contributed by atoms with Crippen LogP contribution in [0.3, 0.4) is 0 Å². The van der Waals surface area contributed by atoms with E-state index in [1.807, 2.05) is 0 Å². The second kappa shape index (κ2) is 4.26. The molecular formula is C8H18BNO2. The van der Waals surface area contributed by atoms with Crippen LogP contribution in [0.25, 0.3) is 0 Å². The molecule has 1 N–H and O–H groups in total. The maximum Gasteiger partial charge on any atom is 0.140 e. The molecule has 0 aliphatic carbocycles. The van der Waals surface area contributed by atoms with Crippen molar-refractivity contribution in [3.8, 4) is 0 Å². The molecule has 1 heterocycles. The Kier molecular flexibility index (Phi) is 3.56. The number of ether oxygens (including phenoxy) is 1. The van der Waals surface area contributed by atoms with Crippen molar-refractivity contribution < 1.29 is 9.84 Å². The summed E-state index contributed by atoms with van der Waals surface area (Å²) in [5.41, 5.74) is 0. The van der Waals surface area contributed by atoms with Gasteiger partial charge in [-0.05, 0) is 13.8 Å². The highest BCUT2D eigenvalue weighted by molar-refractivity contribution is 6.11. The van der Waals surface area contributed by atoms with Gasteiger partial charge in [0.15, 0.2) is 0 Å². The summed E-state index contributed by atoms with van der Waals surface area (Å²) in [6, 6.07) is 0.795. The Bertz CT molecular complexity index is 143. The molecule has 4 heteroatoms. The van der Waals surface area contributed by atoms with Gasteiger partial charge in [0.05, 0.1) is 12.7 Å². The first kappa shape index (κ1) is 10.0. The molecule has 0 spiro atoms. The average molecular weight is 171 g/mol. The average Bonchev–Trinajstić information content (AvgIpc) is 2.03. The lowest BCUT2D eigenvalue weighted by atomic mass is 9.96. The molecule has 0 saturated carbocycles. The van der Waals surface area contributed by atoms with Crippen LogP contribution < -0.4 is 0 Å². The van der Waals surface area contributed by atoms with Crippen LogP contribution in [-0.2, 0) is 4.74 Å². The minimum Gasteiger partial charge on any atom is -0.394 e. The second-order valence-electron chi connectivity index (χ2n) is 3.80. The van der Waals surface area contributed by atoms with Gasteiger partial charge in [0.2, 0.25) is 0 Å². The molecule has 0 aromatic carbocycles. The van der Waals surface area contributed by atoms with Gasteiger partial charge in [-0.15, -0.1) is 0 Å². The predicted octanol–water partition coefficient (Wildman–Crippen LogP) is -0.953. The van der Waals surface area contributed by atoms with Gasteiger partial charge in [-0.3, -0.25) is 4.90 Å². The molecule has 0 bridgehead atoms. The summed E-state index contributed by atoms with van der Waals surface area (Å²) < 4.78 is 5.52. The Morgan fingerprint density at radius 1 is 1.58 bits per heavy atom. The number of hydrogen-bond acceptors (Lipinski definition) is 3. The van der Waals surface area contributed by atoms with Crippen molar-refractivity contribution in [2.75, 3.05) is 19.7 Å². The van der Waals surface area contributed by atoms with E-state index in [1.54, 1.807) is 0 Å². The summed E-state index contributed by atoms with van der Waals surface area (Å²) in [6.07, 6.45) is 0.0103. The SMILES string of the molecule is BC1CN(C(C)C)CC(CO)O1. The van der Waals surface area contributed by atoms with E-state index in [1.165, 1.54) is 0 Å². The van der Waals surface area contributed by atoms with E-state index in [9.17, 15) is 0 Å². The zero-order valence-corrected chi connectivity index (χ0v) is 8.16. The lowest BCUT2D eigenvalue weighted by Gasteiger charge is -2.38. The molecule has 1 aliphatic heterocycles. The molecule has 12 heavy (non-hydrogen) atoms. The first-order valence-corrected chi connectivity index (χ1v) is 4.64. The minimum atomic E-state index is 0.0103. The Labute approximate surface area is 75.1 Å². The lowest BCUT2D eigenvalue weighted by molar-refractivity contribution is -0.0788. The molecule has 1 aliphatic rings. The standard InChI is InChI=1S/C8H18BNO2/c1-6(2)10-3-7(5-11)12-8(9)4-10/h6-8,11H,3-5,9H2,1-2H3. The van der Waals surface area contributed by atoms with Gasteiger partial charge in [-0.2, -0.15) is 0 Å². The maximum absolute atomic E-state index is 8.96. The van der Waals surface area contributed by atoms with Crippen LogP contribution in [0, 0.1) is 0 Å². The van der Waals surface area contributed by atoms with Gasteiger partial charge >= 0.3 is 0 Å². The fourth-order valence-electron chi connectivity index (χ4n) is 1.60. The minimum absolute atomic E-state index is 0.0103. The predicted molar refractivity (Wildman–Crippen MR) is 51.0 cm³/mol. The van der Waals surface area contributed by atoms with Gasteiger partial charge in [0.1, 0.15) is 7.85 Å². The summed E-state index contributed by atoms with van der Waals surface area (Å²) in [7, 11) is 2.05. The van der Waals surface area contributed by atoms with Gasteiger partial charge in [-0.25, -0.2) is 0 Å². The quantitative estimate of drug-likeness (QED) is 0.543. The van der Waals surface area contributed by atoms with E-state index in [4.69, 9.17) is 9.84 Å². The largest absolute Gasteiger partial charge is 0.394 e. The van der Waals surface area contributed by atoms with Crippen LogP contribution in [0.5, 0.6) is 0 Å². The smallest absolute Gasteiger partial charge is 0.140 e. The van der Waals surface area contributed by atoms with Crippen LogP contribution in [0.15, 0.2) is 0 Å². The van der Waals surface area contributed by atoms with Crippen molar-refractivity contribution in [1.29, 1.82) is 0 Å². The zero-order chi connectivity index (χ0) is 9.14. The molecule has 1 saturated heterocycles. The molecular weight excluding hydrogens is 153 g/mol. The summed E-state index contributed by atoms with van der Waals surface area (Å²) in [4.78, 5) is 2.34. The summed E-state index contributed by atoms with van der Waals surface area (Å²) >= 11 is 0. The Hall–Kier alpha value is -0.0551. The van der Waals surface area contributed by atoms with E-state index in [0.29, 0.717) is 6.04 Å². The van der Waals surface area contributed by atoms with E-state index in [2.05, 4.69) is 26.6 Å². The molecule has 1 fully saturated rings. The Morgan fingerprint density at radius 2 is 2.25 bits per heavy atom. The number of nitrogens with zero attached hydrogens (tertiary/aromatic N) is 1. The molecule has 0 radical (unpaired) electrons. The summed E-state index contributed by atoms with van der Waals surface area (Å²) in [5.74, 6) is 0. The number of rotatable bonds is 2. The van der Waals surface area contributed by atoms with Crippen molar-refractivity contribution in [2.24, 2.45) is 0 Å². The van der Waals surface area contributed by atoms with Gasteiger partial charge in [-0.1, -0.05) is 0 Å². The van der Waals surface area contributed by atoms with Crippen molar-refractivity contribution in [3.63, 3.8) is 0 Å². The first-order chi connectivity index (χ1) is 5.63. The second-order valence-corrected chi connectivity index (χ2v) is 3.80. The molecule has 70 valence electrons. The van der Waals surface area contributed by atoms with E-state index < -0.39 is 0 Å². The van der Waals surface area contributed by atoms with Gasteiger partial charge in [0.25, 0.3) is 0 Å². The Balaban J connectivity index is 2.45. The van der Waals surface area contributed by atoms with Crippen molar-refractivity contribution >= 4 is 7.85 Å². The highest BCUT2D eigenvalue weighted by Crippen LogP contribution is 2.11. The monoisotopic (exact) mass is 171 g/mol. The lowest BCUT2D eigenvalue weighted by Crippen LogP contribution is -2.51. The molecule has 2 unspecified atom stereocenters. The topological polar surface area (TPSA) is 32.7 Å². The van der Waals surface area contributed by atoms with Crippen LogP contribution in [0.1, 0.15) is 13.8 Å². The number of morpholine rings is 1. The molecule has 0 aromatic rings. The molecule has 2 atom stereocenters. The molecule has 1 rings (SSSR count). The van der Waals surface area contributed by atoms with Crippen LogP contribution in [0.4, 0.5) is 0 Å². The summed E-state index contributed by atoms with van der Waals surface area (Å²) in [5, 5.41) is 8.96. The Morgan fingerprint density at radius 3 is 2.75 bits per heavy atom. The summed E-state index contributed by atoms with van der Waals surface area (Å²) in [6.45, 7) is 6.32. The maximum atomic E-state index is 8.96. The highest BCUT2D eigenvalue weighted by Gasteiger charge is 2.25. The van der Waals surface area contributed by atoms with Crippen molar-refractivity contribution in [1.82, 2.24) is 4.90 Å². The van der Waals surface area contributed by atoms with Crippen LogP contribution in [0.2, 0.25) is 0 Å². The van der Waals surface area contributed by atoms with Gasteiger partial charge in [0, 0.05) is 25.1 Å². The third-order valence-corrected chi connectivity index (χ3v) is 2.29. The van der Waals surface area contributed by atoms with E-state index in [0.717, 1.165) is 13.1 Å². The van der Waals surface area contributed by atoms with E-state index in [-0.39, 0.29) is 18.7 Å². The van der Waals surface area contributed by atoms with Crippen LogP contribution >= 0.6 is 0 Å². The molecule has 3 nitrogen and oxygen atoms in total. The van der Waals surface area contributed by atoms with Crippen molar-refractivity contribution in [2.45, 2.75) is 32.0 Å². The number of aliphatic hydroxyl groups is 1. The van der Waals surface area contributed by atoms with Gasteiger partial charge < -0.3 is 9.84 Å². The number of hydrogen-bond donors (Lipinski definition) is 1. The first-order valence-electron chi connectivity index (χ1n) is 4.64. The van der Waals surface area contributed by atoms with Crippen molar-refractivity contribution in [3.05, 3.63) is 0 Å². The number of aliphatic hydroxyl groups excluding tert-OH is 1. The molecule has 0 aromatic heterocycles. The van der Waals surface area contributed by atoms with E-state index >= 15 is 0 Å². The third-order valence-electron chi connectivity index (χ3n) is 2.29. The molecule has 0 amide bonds. The zero-order valence-electron chi connectivity index (χ0n) is 8.16. The fraction of sp³-hybridized carbons (Fsp3) is 1.00. The highest BCUT2D eigenvalue weighted by atomic mass is 16.5. The van der Waals surface area contributed by atoms with Crippen LogP contribution in [-0.4, -0.2) is 55.7 Å². The fourth-order valence-corrected chi connectivity index (χ4v) is 1.60. The third kappa shape index (κ3) is 2.47.